The van der Waals surface area contributed by atoms with Crippen molar-refractivity contribution in [3.8, 4) is 0 Å². The van der Waals surface area contributed by atoms with Gasteiger partial charge in [-0.3, -0.25) is 4.79 Å². The highest BCUT2D eigenvalue weighted by Crippen LogP contribution is 2.30. The second-order valence-electron chi connectivity index (χ2n) is 7.16. The molecule has 1 amide bonds. The molecule has 0 spiro atoms. The van der Waals surface area contributed by atoms with Gasteiger partial charge in [0.05, 0.1) is 0 Å². The summed E-state index contributed by atoms with van der Waals surface area (Å²) in [7, 11) is 0. The van der Waals surface area contributed by atoms with E-state index in [1.165, 1.54) is 55.1 Å². The molecule has 1 saturated heterocycles. The molecule has 1 heterocycles. The Morgan fingerprint density at radius 1 is 1.11 bits per heavy atom. The Morgan fingerprint density at radius 2 is 1.89 bits per heavy atom. The summed E-state index contributed by atoms with van der Waals surface area (Å²) in [5.41, 5.74) is 2.29. The van der Waals surface area contributed by atoms with Crippen molar-refractivity contribution < 1.29 is 4.79 Å². The van der Waals surface area contributed by atoms with Gasteiger partial charge in [-0.2, -0.15) is 0 Å². The largest absolute Gasteiger partial charge is 0.326 e. The molecule has 2 aromatic carbocycles. The van der Waals surface area contributed by atoms with Crippen LogP contribution in [0.15, 0.2) is 59.5 Å². The van der Waals surface area contributed by atoms with Gasteiger partial charge in [0, 0.05) is 17.0 Å². The molecule has 1 aliphatic heterocycles. The number of hydrogen-bond donors (Lipinski definition) is 1. The number of benzene rings is 2. The van der Waals surface area contributed by atoms with Crippen LogP contribution in [-0.4, -0.2) is 36.2 Å². The Kier molecular flexibility index (Phi) is 7.79. The van der Waals surface area contributed by atoms with Gasteiger partial charge in [-0.05, 0) is 80.4 Å². The number of carbonyl (C=O) groups excluding carboxylic acids is 1. The first-order valence-electron chi connectivity index (χ1n) is 10.0. The Bertz CT molecular complexity index is 711. The van der Waals surface area contributed by atoms with Crippen LogP contribution in [0.3, 0.4) is 0 Å². The monoisotopic (exact) mass is 382 g/mol. The number of rotatable bonds is 8. The van der Waals surface area contributed by atoms with E-state index in [9.17, 15) is 4.79 Å². The van der Waals surface area contributed by atoms with Gasteiger partial charge in [0.2, 0.25) is 5.91 Å². The third-order valence-electron chi connectivity index (χ3n) is 5.18. The highest BCUT2D eigenvalue weighted by Gasteiger charge is 2.20. The van der Waals surface area contributed by atoms with Gasteiger partial charge < -0.3 is 10.2 Å². The van der Waals surface area contributed by atoms with Crippen molar-refractivity contribution in [3.63, 3.8) is 0 Å². The Balaban J connectivity index is 1.39. The molecular formula is C23H30N2OS. The summed E-state index contributed by atoms with van der Waals surface area (Å²) in [5.74, 6) is 1.87. The van der Waals surface area contributed by atoms with Gasteiger partial charge in [-0.25, -0.2) is 0 Å². The number of piperidine rings is 1. The zero-order chi connectivity index (χ0) is 18.9. The average molecular weight is 383 g/mol. The van der Waals surface area contributed by atoms with Crippen molar-refractivity contribution >= 4 is 23.4 Å². The number of nitrogens with zero attached hydrogens (tertiary/aromatic N) is 1. The van der Waals surface area contributed by atoms with Crippen molar-refractivity contribution in [1.29, 1.82) is 0 Å². The van der Waals surface area contributed by atoms with Crippen molar-refractivity contribution in [1.82, 2.24) is 4.90 Å². The van der Waals surface area contributed by atoms with E-state index in [-0.39, 0.29) is 5.91 Å². The van der Waals surface area contributed by atoms with Crippen LogP contribution < -0.4 is 5.32 Å². The van der Waals surface area contributed by atoms with E-state index in [2.05, 4.69) is 58.7 Å². The molecular weight excluding hydrogens is 352 g/mol. The molecule has 0 radical (unpaired) electrons. The topological polar surface area (TPSA) is 32.3 Å². The predicted octanol–water partition coefficient (Wildman–Crippen LogP) is 5.40. The van der Waals surface area contributed by atoms with Crippen LogP contribution in [0, 0.1) is 0 Å². The number of amides is 1. The van der Waals surface area contributed by atoms with E-state index >= 15 is 0 Å². The smallest absolute Gasteiger partial charge is 0.224 e. The lowest BCUT2D eigenvalue weighted by molar-refractivity contribution is -0.115. The molecule has 0 unspecified atom stereocenters. The average Bonchev–Trinajstić information content (AvgIpc) is 2.72. The fourth-order valence-electron chi connectivity index (χ4n) is 3.60. The lowest BCUT2D eigenvalue weighted by Crippen LogP contribution is -2.33. The number of thioether (sulfide) groups is 1. The number of nitrogens with one attached hydrogen (secondary N) is 1. The standard InChI is InChI=1S/C23H30N2OS/c1-2-23(26)24-21-9-6-8-20(18-21)19-12-15-25(16-13-19)14-7-17-27-22-10-4-3-5-11-22/h3-6,8-11,18-19H,2,7,12-17H2,1H3,(H,24,26). The third-order valence-corrected chi connectivity index (χ3v) is 6.28. The van der Waals surface area contributed by atoms with Gasteiger partial charge in [0.1, 0.15) is 0 Å². The highest BCUT2D eigenvalue weighted by atomic mass is 32.2. The van der Waals surface area contributed by atoms with Gasteiger partial charge in [0.15, 0.2) is 0 Å². The zero-order valence-corrected chi connectivity index (χ0v) is 17.0. The van der Waals surface area contributed by atoms with Crippen LogP contribution in [-0.2, 0) is 4.79 Å². The molecule has 144 valence electrons. The summed E-state index contributed by atoms with van der Waals surface area (Å²) in [6, 6.07) is 19.1. The van der Waals surface area contributed by atoms with Crippen LogP contribution in [0.25, 0.3) is 0 Å². The summed E-state index contributed by atoms with van der Waals surface area (Å²) in [6.07, 6.45) is 4.17. The van der Waals surface area contributed by atoms with E-state index in [4.69, 9.17) is 0 Å². The van der Waals surface area contributed by atoms with E-state index in [1.807, 2.05) is 24.8 Å². The van der Waals surface area contributed by atoms with Crippen molar-refractivity contribution in [2.24, 2.45) is 0 Å². The van der Waals surface area contributed by atoms with Crippen molar-refractivity contribution in [2.45, 2.75) is 43.4 Å². The molecule has 0 atom stereocenters. The minimum Gasteiger partial charge on any atom is -0.326 e. The first-order valence-corrected chi connectivity index (χ1v) is 11.0. The van der Waals surface area contributed by atoms with E-state index in [0.717, 1.165) is 5.69 Å². The van der Waals surface area contributed by atoms with Gasteiger partial charge in [-0.1, -0.05) is 37.3 Å². The van der Waals surface area contributed by atoms with Crippen LogP contribution in [0.1, 0.15) is 44.1 Å². The van der Waals surface area contributed by atoms with Crippen LogP contribution in [0.2, 0.25) is 0 Å². The quantitative estimate of drug-likeness (QED) is 0.490. The predicted molar refractivity (Wildman–Crippen MR) is 116 cm³/mol. The minimum absolute atomic E-state index is 0.0790. The number of carbonyl (C=O) groups is 1. The van der Waals surface area contributed by atoms with Crippen molar-refractivity contribution in [3.05, 3.63) is 60.2 Å². The first-order chi connectivity index (χ1) is 13.2. The highest BCUT2D eigenvalue weighted by molar-refractivity contribution is 7.99. The number of hydrogen-bond acceptors (Lipinski definition) is 3. The van der Waals surface area contributed by atoms with E-state index in [0.29, 0.717) is 12.3 Å². The fraction of sp³-hybridized carbons (Fsp3) is 0.435. The summed E-state index contributed by atoms with van der Waals surface area (Å²) in [4.78, 5) is 15.6. The second kappa shape index (κ2) is 10.5. The molecule has 0 aliphatic carbocycles. The lowest BCUT2D eigenvalue weighted by atomic mass is 9.89. The van der Waals surface area contributed by atoms with Gasteiger partial charge in [0.25, 0.3) is 0 Å². The van der Waals surface area contributed by atoms with Crippen LogP contribution in [0.4, 0.5) is 5.69 Å². The molecule has 1 fully saturated rings. The molecule has 1 aliphatic rings. The summed E-state index contributed by atoms with van der Waals surface area (Å²) in [5, 5.41) is 2.98. The van der Waals surface area contributed by atoms with Crippen LogP contribution >= 0.6 is 11.8 Å². The lowest BCUT2D eigenvalue weighted by Gasteiger charge is -2.32. The fourth-order valence-corrected chi connectivity index (χ4v) is 4.46. The molecule has 0 bridgehead atoms. The molecule has 4 heteroatoms. The molecule has 1 N–H and O–H groups in total. The SMILES string of the molecule is CCC(=O)Nc1cccc(C2CCN(CCCSc3ccccc3)CC2)c1. The maximum absolute atomic E-state index is 11.6. The summed E-state index contributed by atoms with van der Waals surface area (Å²) < 4.78 is 0. The second-order valence-corrected chi connectivity index (χ2v) is 8.33. The Morgan fingerprint density at radius 3 is 2.63 bits per heavy atom. The molecule has 0 saturated carbocycles. The molecule has 0 aromatic heterocycles. The van der Waals surface area contributed by atoms with Gasteiger partial charge in [-0.15, -0.1) is 11.8 Å². The van der Waals surface area contributed by atoms with E-state index in [1.54, 1.807) is 0 Å². The number of likely N-dealkylation sites (tertiary alicyclic amines) is 1. The maximum Gasteiger partial charge on any atom is 0.224 e. The first kappa shape index (κ1) is 20.0. The molecule has 3 rings (SSSR count). The summed E-state index contributed by atoms with van der Waals surface area (Å²) in [6.45, 7) is 5.42. The minimum atomic E-state index is 0.0790. The molecule has 27 heavy (non-hydrogen) atoms. The van der Waals surface area contributed by atoms with E-state index < -0.39 is 0 Å². The summed E-state index contributed by atoms with van der Waals surface area (Å²) >= 11 is 1.95. The van der Waals surface area contributed by atoms with Crippen LogP contribution in [0.5, 0.6) is 0 Å². The van der Waals surface area contributed by atoms with Gasteiger partial charge >= 0.3 is 0 Å². The molecule has 2 aromatic rings. The Labute approximate surface area is 167 Å². The third kappa shape index (κ3) is 6.40. The normalized spacial score (nSPS) is 15.6. The zero-order valence-electron chi connectivity index (χ0n) is 16.2. The maximum atomic E-state index is 11.6. The molecule has 3 nitrogen and oxygen atoms in total. The Hall–Kier alpha value is -1.78. The number of anilines is 1. The van der Waals surface area contributed by atoms with Crippen molar-refractivity contribution in [2.75, 3.05) is 30.7 Å².